The van der Waals surface area contributed by atoms with Crippen molar-refractivity contribution < 1.29 is 4.74 Å². The van der Waals surface area contributed by atoms with Crippen molar-refractivity contribution in [3.63, 3.8) is 0 Å². The summed E-state index contributed by atoms with van der Waals surface area (Å²) in [6, 6.07) is 4.09. The first-order valence-corrected chi connectivity index (χ1v) is 7.82. The molecular weight excluding hydrogens is 258 g/mol. The second kappa shape index (κ2) is 6.51. The lowest BCUT2D eigenvalue weighted by Crippen LogP contribution is -2.15. The number of benzene rings is 1. The molecule has 1 fully saturated rings. The fourth-order valence-corrected chi connectivity index (χ4v) is 2.56. The number of anilines is 1. The van der Waals surface area contributed by atoms with E-state index in [1.165, 1.54) is 18.4 Å². The summed E-state index contributed by atoms with van der Waals surface area (Å²) in [5.74, 6) is 2.39. The van der Waals surface area contributed by atoms with Crippen molar-refractivity contribution in [3.8, 4) is 5.75 Å². The van der Waals surface area contributed by atoms with Gasteiger partial charge >= 0.3 is 0 Å². The van der Waals surface area contributed by atoms with E-state index in [0.717, 1.165) is 41.9 Å². The maximum Gasteiger partial charge on any atom is 0.147 e. The largest absolute Gasteiger partial charge is 0.491 e. The van der Waals surface area contributed by atoms with Gasteiger partial charge in [-0.3, -0.25) is 0 Å². The van der Waals surface area contributed by atoms with Crippen LogP contribution in [0, 0.1) is 5.92 Å². The zero-order chi connectivity index (χ0) is 13.8. The van der Waals surface area contributed by atoms with Crippen LogP contribution >= 0.6 is 11.6 Å². The van der Waals surface area contributed by atoms with Gasteiger partial charge in [0.05, 0.1) is 17.3 Å². The second-order valence-corrected chi connectivity index (χ2v) is 5.61. The molecule has 1 aromatic rings. The number of ether oxygens (including phenoxy) is 1. The van der Waals surface area contributed by atoms with Crippen LogP contribution in [0.5, 0.6) is 5.75 Å². The van der Waals surface area contributed by atoms with Gasteiger partial charge in [-0.2, -0.15) is 0 Å². The molecule has 1 saturated carbocycles. The van der Waals surface area contributed by atoms with E-state index in [0.29, 0.717) is 5.92 Å². The Morgan fingerprint density at radius 3 is 2.68 bits per heavy atom. The van der Waals surface area contributed by atoms with Crippen LogP contribution < -0.4 is 10.1 Å². The zero-order valence-electron chi connectivity index (χ0n) is 12.1. The molecule has 1 N–H and O–H groups in total. The van der Waals surface area contributed by atoms with E-state index in [1.807, 2.05) is 19.9 Å². The van der Waals surface area contributed by atoms with Crippen molar-refractivity contribution in [2.75, 3.05) is 18.5 Å². The van der Waals surface area contributed by atoms with Gasteiger partial charge in [-0.05, 0) is 42.7 Å². The van der Waals surface area contributed by atoms with Crippen LogP contribution in [0.1, 0.15) is 51.5 Å². The monoisotopic (exact) mass is 281 g/mol. The molecular formula is C16H24ClNO. The van der Waals surface area contributed by atoms with Crippen LogP contribution in [-0.2, 0) is 0 Å². The summed E-state index contributed by atoms with van der Waals surface area (Å²) in [7, 11) is 0. The SMILES string of the molecule is CC.C[C@H]1CCOc2c1ccc(Cl)c2NCC1CC1. The van der Waals surface area contributed by atoms with Gasteiger partial charge < -0.3 is 10.1 Å². The van der Waals surface area contributed by atoms with Crippen molar-refractivity contribution in [1.82, 2.24) is 0 Å². The molecule has 1 aromatic carbocycles. The molecule has 0 bridgehead atoms. The van der Waals surface area contributed by atoms with Gasteiger partial charge in [0.1, 0.15) is 5.75 Å². The fraction of sp³-hybridized carbons (Fsp3) is 0.625. The third kappa shape index (κ3) is 3.36. The maximum absolute atomic E-state index is 6.27. The van der Waals surface area contributed by atoms with Crippen LogP contribution in [0.3, 0.4) is 0 Å². The minimum atomic E-state index is 0.567. The standard InChI is InChI=1S/C14H18ClNO.C2H6/c1-9-6-7-17-14-11(9)4-5-12(15)13(14)16-8-10-2-3-10;1-2/h4-5,9-10,16H,2-3,6-8H2,1H3;1-2H3/t9-;/m0./s1. The highest BCUT2D eigenvalue weighted by molar-refractivity contribution is 6.33. The lowest BCUT2D eigenvalue weighted by Gasteiger charge is -2.26. The zero-order valence-corrected chi connectivity index (χ0v) is 12.9. The summed E-state index contributed by atoms with van der Waals surface area (Å²) < 4.78 is 5.81. The van der Waals surface area contributed by atoms with E-state index in [9.17, 15) is 0 Å². The minimum Gasteiger partial charge on any atom is -0.491 e. The first-order valence-electron chi connectivity index (χ1n) is 7.45. The Labute approximate surface area is 121 Å². The molecule has 3 heteroatoms. The van der Waals surface area contributed by atoms with Crippen molar-refractivity contribution >= 4 is 17.3 Å². The highest BCUT2D eigenvalue weighted by Crippen LogP contribution is 2.43. The van der Waals surface area contributed by atoms with Crippen molar-refractivity contribution in [2.24, 2.45) is 5.92 Å². The van der Waals surface area contributed by atoms with Gasteiger partial charge in [0.2, 0.25) is 0 Å². The first-order chi connectivity index (χ1) is 9.25. The van der Waals surface area contributed by atoms with E-state index >= 15 is 0 Å². The highest BCUT2D eigenvalue weighted by atomic mass is 35.5. The van der Waals surface area contributed by atoms with E-state index in [-0.39, 0.29) is 0 Å². The molecule has 2 aliphatic rings. The second-order valence-electron chi connectivity index (χ2n) is 5.20. The summed E-state index contributed by atoms with van der Waals surface area (Å²) in [4.78, 5) is 0. The molecule has 0 unspecified atom stereocenters. The molecule has 2 nitrogen and oxygen atoms in total. The average Bonchev–Trinajstić information content (AvgIpc) is 3.24. The molecule has 0 saturated heterocycles. The van der Waals surface area contributed by atoms with Crippen LogP contribution in [0.15, 0.2) is 12.1 Å². The Balaban J connectivity index is 0.000000637. The third-order valence-electron chi connectivity index (χ3n) is 3.73. The minimum absolute atomic E-state index is 0.567. The number of nitrogens with one attached hydrogen (secondary N) is 1. The quantitative estimate of drug-likeness (QED) is 0.835. The molecule has 3 rings (SSSR count). The normalized spacial score (nSPS) is 20.7. The number of hydrogen-bond acceptors (Lipinski definition) is 2. The Morgan fingerprint density at radius 2 is 2.00 bits per heavy atom. The van der Waals surface area contributed by atoms with Crippen LogP contribution in [0.4, 0.5) is 5.69 Å². The summed E-state index contributed by atoms with van der Waals surface area (Å²) in [6.07, 6.45) is 3.78. The van der Waals surface area contributed by atoms with Gasteiger partial charge in [-0.25, -0.2) is 0 Å². The summed E-state index contributed by atoms with van der Waals surface area (Å²) in [5.41, 5.74) is 2.29. The molecule has 1 atom stereocenters. The molecule has 0 aromatic heterocycles. The Hall–Kier alpha value is -0.890. The van der Waals surface area contributed by atoms with Crippen molar-refractivity contribution in [2.45, 2.75) is 46.0 Å². The van der Waals surface area contributed by atoms with E-state index in [2.05, 4.69) is 18.3 Å². The number of halogens is 1. The molecule has 0 radical (unpaired) electrons. The van der Waals surface area contributed by atoms with Crippen LogP contribution in [0.25, 0.3) is 0 Å². The molecule has 0 amide bonds. The Bertz CT molecular complexity index is 429. The molecule has 1 heterocycles. The maximum atomic E-state index is 6.27. The van der Waals surface area contributed by atoms with E-state index in [4.69, 9.17) is 16.3 Å². The lowest BCUT2D eigenvalue weighted by atomic mass is 9.94. The fourth-order valence-electron chi connectivity index (χ4n) is 2.34. The molecule has 106 valence electrons. The van der Waals surface area contributed by atoms with Gasteiger partial charge in [-0.1, -0.05) is 38.4 Å². The first kappa shape index (κ1) is 14.5. The highest BCUT2D eigenvalue weighted by Gasteiger charge is 2.25. The smallest absolute Gasteiger partial charge is 0.147 e. The van der Waals surface area contributed by atoms with E-state index < -0.39 is 0 Å². The van der Waals surface area contributed by atoms with Gasteiger partial charge in [0.25, 0.3) is 0 Å². The van der Waals surface area contributed by atoms with Crippen LogP contribution in [0.2, 0.25) is 5.02 Å². The molecule has 0 spiro atoms. The van der Waals surface area contributed by atoms with Crippen LogP contribution in [-0.4, -0.2) is 13.2 Å². The van der Waals surface area contributed by atoms with Crippen molar-refractivity contribution in [3.05, 3.63) is 22.7 Å². The summed E-state index contributed by atoms with van der Waals surface area (Å²) >= 11 is 6.27. The van der Waals surface area contributed by atoms with E-state index in [1.54, 1.807) is 0 Å². The average molecular weight is 282 g/mol. The number of hydrogen-bond donors (Lipinski definition) is 1. The number of rotatable bonds is 3. The Kier molecular flexibility index (Phi) is 4.98. The number of fused-ring (bicyclic) bond motifs is 1. The van der Waals surface area contributed by atoms with Gasteiger partial charge in [0.15, 0.2) is 0 Å². The van der Waals surface area contributed by atoms with Crippen molar-refractivity contribution in [1.29, 1.82) is 0 Å². The third-order valence-corrected chi connectivity index (χ3v) is 4.04. The van der Waals surface area contributed by atoms with Gasteiger partial charge in [-0.15, -0.1) is 0 Å². The molecule has 19 heavy (non-hydrogen) atoms. The van der Waals surface area contributed by atoms with Gasteiger partial charge in [0, 0.05) is 6.54 Å². The lowest BCUT2D eigenvalue weighted by molar-refractivity contribution is 0.273. The molecule has 1 aliphatic carbocycles. The predicted octanol–water partition coefficient (Wildman–Crippen LogP) is 5.07. The predicted molar refractivity (Wildman–Crippen MR) is 82.5 cm³/mol. The topological polar surface area (TPSA) is 21.3 Å². The Morgan fingerprint density at radius 1 is 1.26 bits per heavy atom. The summed E-state index contributed by atoms with van der Waals surface area (Å²) in [6.45, 7) is 8.07. The molecule has 1 aliphatic heterocycles. The summed E-state index contributed by atoms with van der Waals surface area (Å²) in [5, 5.41) is 4.24.